The first-order chi connectivity index (χ1) is 15.1. The molecule has 12 heteroatoms. The molecule has 1 aliphatic rings. The second-order valence-electron chi connectivity index (χ2n) is 7.70. The normalized spacial score (nSPS) is 24.6. The molecule has 8 nitrogen and oxygen atoms in total. The van der Waals surface area contributed by atoms with Crippen LogP contribution in [0.2, 0.25) is 0 Å². The number of carbonyl (C=O) groups is 1. The monoisotopic (exact) mass is 477 g/mol. The highest BCUT2D eigenvalue weighted by Crippen LogP contribution is 2.34. The molecule has 1 aromatic heterocycles. The van der Waals surface area contributed by atoms with Crippen LogP contribution < -0.4 is 15.4 Å². The van der Waals surface area contributed by atoms with Gasteiger partial charge in [-0.15, -0.1) is 24.5 Å². The SMILES string of the molecule is CCC(=O)NC[C@H]1N[C@H](CCC(CO)c2nc3cc(OC(F)(F)F)ccc3s2)[C@@H](O)[C@@H]1O. The average Bonchev–Trinajstić information content (AvgIpc) is 3.27. The number of nitrogens with one attached hydrogen (secondary N) is 2. The van der Waals surface area contributed by atoms with Gasteiger partial charge in [-0.25, -0.2) is 4.98 Å². The first kappa shape index (κ1) is 24.6. The summed E-state index contributed by atoms with van der Waals surface area (Å²) in [6.07, 6.45) is -5.71. The predicted octanol–water partition coefficient (Wildman–Crippen LogP) is 1.64. The fourth-order valence-electron chi connectivity index (χ4n) is 3.70. The molecule has 5 atom stereocenters. The number of hydrogen-bond acceptors (Lipinski definition) is 8. The van der Waals surface area contributed by atoms with E-state index in [1.807, 2.05) is 0 Å². The maximum Gasteiger partial charge on any atom is 0.573 e. The molecule has 0 bridgehead atoms. The number of rotatable bonds is 9. The van der Waals surface area contributed by atoms with Gasteiger partial charge < -0.3 is 30.7 Å². The van der Waals surface area contributed by atoms with Crippen LogP contribution in [0, 0.1) is 0 Å². The number of aromatic nitrogens is 1. The number of ether oxygens (including phenoxy) is 1. The van der Waals surface area contributed by atoms with Crippen molar-refractivity contribution in [2.24, 2.45) is 0 Å². The quantitative estimate of drug-likeness (QED) is 0.372. The summed E-state index contributed by atoms with van der Waals surface area (Å²) >= 11 is 1.27. The second-order valence-corrected chi connectivity index (χ2v) is 8.77. The highest BCUT2D eigenvalue weighted by Gasteiger charge is 2.40. The molecule has 0 spiro atoms. The minimum Gasteiger partial charge on any atom is -0.406 e. The van der Waals surface area contributed by atoms with E-state index in [4.69, 9.17) is 0 Å². The van der Waals surface area contributed by atoms with Crippen molar-refractivity contribution in [3.63, 3.8) is 0 Å². The summed E-state index contributed by atoms with van der Waals surface area (Å²) in [4.78, 5) is 15.8. The van der Waals surface area contributed by atoms with Crippen LogP contribution in [0.5, 0.6) is 5.75 Å². The van der Waals surface area contributed by atoms with Crippen LogP contribution in [0.15, 0.2) is 18.2 Å². The lowest BCUT2D eigenvalue weighted by molar-refractivity contribution is -0.274. The van der Waals surface area contributed by atoms with Crippen molar-refractivity contribution in [2.75, 3.05) is 13.2 Å². The van der Waals surface area contributed by atoms with Crippen LogP contribution in [0.1, 0.15) is 37.1 Å². The number of amides is 1. The van der Waals surface area contributed by atoms with Crippen LogP contribution >= 0.6 is 11.3 Å². The van der Waals surface area contributed by atoms with Crippen molar-refractivity contribution >= 4 is 27.5 Å². The summed E-state index contributed by atoms with van der Waals surface area (Å²) in [5, 5.41) is 36.8. The Balaban J connectivity index is 1.62. The molecular formula is C20H26F3N3O5S. The molecule has 0 radical (unpaired) electrons. The number of hydrogen-bond donors (Lipinski definition) is 5. The third-order valence-corrected chi connectivity index (χ3v) is 6.65. The molecule has 1 fully saturated rings. The van der Waals surface area contributed by atoms with Crippen LogP contribution in [0.4, 0.5) is 13.2 Å². The molecular weight excluding hydrogens is 451 g/mol. The zero-order chi connectivity index (χ0) is 23.5. The van der Waals surface area contributed by atoms with Crippen molar-refractivity contribution < 1.29 is 38.0 Å². The maximum atomic E-state index is 12.4. The Morgan fingerprint density at radius 1 is 1.31 bits per heavy atom. The smallest absolute Gasteiger partial charge is 0.406 e. The Hall–Kier alpha value is -1.99. The molecule has 2 aromatic rings. The molecule has 3 rings (SSSR count). The van der Waals surface area contributed by atoms with E-state index in [0.717, 1.165) is 0 Å². The third kappa shape index (κ3) is 6.07. The molecule has 2 heterocycles. The predicted molar refractivity (Wildman–Crippen MR) is 111 cm³/mol. The number of aliphatic hydroxyl groups is 3. The fraction of sp³-hybridized carbons (Fsp3) is 0.600. The standard InChI is InChI=1S/C20H26F3N3O5S/c1-2-16(28)24-8-14-18(30)17(29)12(25-14)5-3-10(9-27)19-26-13-7-11(31-20(21,22)23)4-6-15(13)32-19/h4,6-7,10,12,14,17-18,25,27,29-30H,2-3,5,8-9H2,1H3,(H,24,28)/t10?,12-,14-,17-,18-/m1/s1. The number of benzene rings is 1. The van der Waals surface area contributed by atoms with E-state index in [0.29, 0.717) is 34.5 Å². The molecule has 0 aliphatic carbocycles. The lowest BCUT2D eigenvalue weighted by atomic mass is 9.98. The number of thiazole rings is 1. The van der Waals surface area contributed by atoms with Gasteiger partial charge in [0.1, 0.15) is 5.75 Å². The Kier molecular flexibility index (Phi) is 7.93. The zero-order valence-electron chi connectivity index (χ0n) is 17.3. The van der Waals surface area contributed by atoms with Gasteiger partial charge in [0.2, 0.25) is 5.91 Å². The van der Waals surface area contributed by atoms with Crippen LogP contribution in [-0.2, 0) is 4.79 Å². The third-order valence-electron chi connectivity index (χ3n) is 5.45. The topological polar surface area (TPSA) is 124 Å². The van der Waals surface area contributed by atoms with Gasteiger partial charge in [0, 0.05) is 31.0 Å². The molecule has 1 amide bonds. The molecule has 1 aromatic carbocycles. The van der Waals surface area contributed by atoms with Crippen molar-refractivity contribution in [1.82, 2.24) is 15.6 Å². The Morgan fingerprint density at radius 2 is 2.03 bits per heavy atom. The van der Waals surface area contributed by atoms with Gasteiger partial charge in [-0.3, -0.25) is 4.79 Å². The first-order valence-electron chi connectivity index (χ1n) is 10.3. The zero-order valence-corrected chi connectivity index (χ0v) is 18.1. The number of aliphatic hydroxyl groups excluding tert-OH is 3. The van der Waals surface area contributed by atoms with E-state index < -0.39 is 30.7 Å². The summed E-state index contributed by atoms with van der Waals surface area (Å²) in [6, 6.07) is 2.96. The van der Waals surface area contributed by atoms with E-state index in [2.05, 4.69) is 20.4 Å². The summed E-state index contributed by atoms with van der Waals surface area (Å²) in [6.45, 7) is 1.67. The van der Waals surface area contributed by atoms with Crippen LogP contribution in [0.3, 0.4) is 0 Å². The Bertz CT molecular complexity index is 926. The highest BCUT2D eigenvalue weighted by molar-refractivity contribution is 7.18. The number of halogens is 3. The molecule has 1 unspecified atom stereocenters. The molecule has 32 heavy (non-hydrogen) atoms. The molecule has 178 valence electrons. The number of fused-ring (bicyclic) bond motifs is 1. The van der Waals surface area contributed by atoms with Crippen molar-refractivity contribution in [2.45, 2.75) is 62.8 Å². The second kappa shape index (κ2) is 10.3. The minimum atomic E-state index is -4.79. The molecule has 5 N–H and O–H groups in total. The van der Waals surface area contributed by atoms with Crippen molar-refractivity contribution in [3.05, 3.63) is 23.2 Å². The van der Waals surface area contributed by atoms with E-state index >= 15 is 0 Å². The van der Waals surface area contributed by atoms with E-state index in [9.17, 15) is 33.3 Å². The molecule has 1 aliphatic heterocycles. The van der Waals surface area contributed by atoms with E-state index in [1.54, 1.807) is 6.92 Å². The summed E-state index contributed by atoms with van der Waals surface area (Å²) in [7, 11) is 0. The van der Waals surface area contributed by atoms with Gasteiger partial charge in [-0.1, -0.05) is 6.92 Å². The van der Waals surface area contributed by atoms with Crippen LogP contribution in [-0.4, -0.2) is 70.0 Å². The number of nitrogens with zero attached hydrogens (tertiary/aromatic N) is 1. The first-order valence-corrected chi connectivity index (χ1v) is 11.1. The Labute approximate surface area is 186 Å². The highest BCUT2D eigenvalue weighted by atomic mass is 32.1. The molecule has 0 saturated carbocycles. The summed E-state index contributed by atoms with van der Waals surface area (Å²) in [5.74, 6) is -0.905. The van der Waals surface area contributed by atoms with Gasteiger partial charge >= 0.3 is 6.36 Å². The summed E-state index contributed by atoms with van der Waals surface area (Å²) in [5.41, 5.74) is 0.339. The van der Waals surface area contributed by atoms with E-state index in [1.165, 1.54) is 29.5 Å². The van der Waals surface area contributed by atoms with Gasteiger partial charge in [-0.2, -0.15) is 0 Å². The average molecular weight is 478 g/mol. The largest absolute Gasteiger partial charge is 0.573 e. The fourth-order valence-corrected chi connectivity index (χ4v) is 4.77. The minimum absolute atomic E-state index is 0.156. The van der Waals surface area contributed by atoms with Gasteiger partial charge in [0.25, 0.3) is 0 Å². The summed E-state index contributed by atoms with van der Waals surface area (Å²) < 4.78 is 41.9. The van der Waals surface area contributed by atoms with Crippen molar-refractivity contribution in [1.29, 1.82) is 0 Å². The lowest BCUT2D eigenvalue weighted by Crippen LogP contribution is -2.43. The van der Waals surface area contributed by atoms with Crippen molar-refractivity contribution in [3.8, 4) is 5.75 Å². The van der Waals surface area contributed by atoms with E-state index in [-0.39, 0.29) is 30.7 Å². The Morgan fingerprint density at radius 3 is 2.69 bits per heavy atom. The molecule has 1 saturated heterocycles. The lowest BCUT2D eigenvalue weighted by Gasteiger charge is -2.18. The van der Waals surface area contributed by atoms with Gasteiger partial charge in [-0.05, 0) is 25.0 Å². The van der Waals surface area contributed by atoms with Gasteiger partial charge in [0.15, 0.2) is 0 Å². The van der Waals surface area contributed by atoms with Gasteiger partial charge in [0.05, 0.1) is 40.1 Å². The van der Waals surface area contributed by atoms with Crippen LogP contribution in [0.25, 0.3) is 10.2 Å². The maximum absolute atomic E-state index is 12.4. The number of carbonyl (C=O) groups excluding carboxylic acids is 1. The number of alkyl halides is 3.